The van der Waals surface area contributed by atoms with Crippen molar-refractivity contribution in [1.82, 2.24) is 4.31 Å². The molecule has 1 unspecified atom stereocenters. The lowest BCUT2D eigenvalue weighted by Gasteiger charge is -2.22. The molecule has 0 aromatic carbocycles. The molecule has 3 nitrogen and oxygen atoms in total. The first-order valence-corrected chi connectivity index (χ1v) is 10.2. The molecule has 0 saturated carbocycles. The van der Waals surface area contributed by atoms with Gasteiger partial charge in [-0.1, -0.05) is 6.07 Å². The van der Waals surface area contributed by atoms with Crippen LogP contribution in [0.3, 0.4) is 0 Å². The number of rotatable bonds is 3. The molecular formula is C13H14BrNO2S3. The third kappa shape index (κ3) is 2.50. The lowest BCUT2D eigenvalue weighted by atomic mass is 10.2. The fourth-order valence-corrected chi connectivity index (χ4v) is 7.44. The standard InChI is InChI=1S/C13H14BrNO2S3/c1-9-8-12(19-13(9)14)20(16,17)15-6-2-4-10(15)11-5-3-7-18-11/h3,5,7-8,10H,2,4,6H2,1H3. The highest BCUT2D eigenvalue weighted by Crippen LogP contribution is 2.41. The van der Waals surface area contributed by atoms with Crippen molar-refractivity contribution in [3.05, 3.63) is 37.8 Å². The van der Waals surface area contributed by atoms with Crippen molar-refractivity contribution in [2.75, 3.05) is 6.54 Å². The minimum absolute atomic E-state index is 0.00109. The van der Waals surface area contributed by atoms with Crippen molar-refractivity contribution in [2.24, 2.45) is 0 Å². The molecule has 108 valence electrons. The topological polar surface area (TPSA) is 37.4 Å². The third-order valence-corrected chi connectivity index (χ3v) is 8.94. The normalized spacial score (nSPS) is 20.6. The van der Waals surface area contributed by atoms with E-state index < -0.39 is 10.0 Å². The number of halogens is 1. The van der Waals surface area contributed by atoms with Crippen LogP contribution in [0.1, 0.15) is 29.3 Å². The number of sulfonamides is 1. The summed E-state index contributed by atoms with van der Waals surface area (Å²) in [5, 5.41) is 2.00. The molecule has 3 heterocycles. The molecule has 2 aromatic rings. The molecule has 0 bridgehead atoms. The van der Waals surface area contributed by atoms with Crippen LogP contribution in [0.25, 0.3) is 0 Å². The van der Waals surface area contributed by atoms with Crippen LogP contribution in [0.2, 0.25) is 0 Å². The number of hydrogen-bond acceptors (Lipinski definition) is 4. The molecule has 1 saturated heterocycles. The van der Waals surface area contributed by atoms with Gasteiger partial charge in [-0.05, 0) is 58.8 Å². The summed E-state index contributed by atoms with van der Waals surface area (Å²) in [6.45, 7) is 2.53. The van der Waals surface area contributed by atoms with Gasteiger partial charge in [0.25, 0.3) is 10.0 Å². The number of aryl methyl sites for hydroxylation is 1. The van der Waals surface area contributed by atoms with Crippen LogP contribution in [-0.4, -0.2) is 19.3 Å². The Labute approximate surface area is 135 Å². The van der Waals surface area contributed by atoms with Gasteiger partial charge in [-0.2, -0.15) is 4.31 Å². The Bertz CT molecular complexity index is 687. The summed E-state index contributed by atoms with van der Waals surface area (Å²) in [4.78, 5) is 1.14. The first-order chi connectivity index (χ1) is 9.50. The van der Waals surface area contributed by atoms with Crippen molar-refractivity contribution in [1.29, 1.82) is 0 Å². The molecule has 1 fully saturated rings. The SMILES string of the molecule is Cc1cc(S(=O)(=O)N2CCCC2c2cccs2)sc1Br. The van der Waals surface area contributed by atoms with E-state index in [1.807, 2.05) is 24.4 Å². The fourth-order valence-electron chi connectivity index (χ4n) is 2.47. The van der Waals surface area contributed by atoms with Crippen molar-refractivity contribution in [3.63, 3.8) is 0 Å². The zero-order valence-corrected chi connectivity index (χ0v) is 14.9. The quantitative estimate of drug-likeness (QED) is 0.776. The molecule has 7 heteroatoms. The van der Waals surface area contributed by atoms with Crippen molar-refractivity contribution in [2.45, 2.75) is 30.0 Å². The minimum Gasteiger partial charge on any atom is -0.206 e. The number of thiophene rings is 2. The summed E-state index contributed by atoms with van der Waals surface area (Å²) >= 11 is 6.34. The van der Waals surface area contributed by atoms with Crippen LogP contribution in [0.4, 0.5) is 0 Å². The summed E-state index contributed by atoms with van der Waals surface area (Å²) in [6.07, 6.45) is 1.83. The Balaban J connectivity index is 1.98. The number of nitrogens with zero attached hydrogens (tertiary/aromatic N) is 1. The van der Waals surface area contributed by atoms with E-state index in [0.717, 1.165) is 27.1 Å². The van der Waals surface area contributed by atoms with E-state index in [1.54, 1.807) is 21.7 Å². The van der Waals surface area contributed by atoms with Gasteiger partial charge in [-0.3, -0.25) is 0 Å². The lowest BCUT2D eigenvalue weighted by molar-refractivity contribution is 0.402. The van der Waals surface area contributed by atoms with Gasteiger partial charge in [0, 0.05) is 11.4 Å². The Kier molecular flexibility index (Phi) is 4.07. The van der Waals surface area contributed by atoms with E-state index >= 15 is 0 Å². The van der Waals surface area contributed by atoms with E-state index in [4.69, 9.17) is 0 Å². The monoisotopic (exact) mass is 391 g/mol. The second kappa shape index (κ2) is 5.53. The highest BCUT2D eigenvalue weighted by atomic mass is 79.9. The molecule has 1 aliphatic rings. The average molecular weight is 392 g/mol. The van der Waals surface area contributed by atoms with Gasteiger partial charge in [-0.15, -0.1) is 22.7 Å². The van der Waals surface area contributed by atoms with Gasteiger partial charge >= 0.3 is 0 Å². The summed E-state index contributed by atoms with van der Waals surface area (Å²) in [7, 11) is -3.39. The van der Waals surface area contributed by atoms with Gasteiger partial charge in [0.05, 0.1) is 9.83 Å². The van der Waals surface area contributed by atoms with Gasteiger partial charge in [0.15, 0.2) is 0 Å². The second-order valence-electron chi connectivity index (χ2n) is 4.81. The van der Waals surface area contributed by atoms with Gasteiger partial charge < -0.3 is 0 Å². The van der Waals surface area contributed by atoms with Crippen molar-refractivity contribution in [3.8, 4) is 0 Å². The highest BCUT2D eigenvalue weighted by molar-refractivity contribution is 9.11. The maximum Gasteiger partial charge on any atom is 0.253 e. The predicted molar refractivity (Wildman–Crippen MR) is 86.9 cm³/mol. The number of hydrogen-bond donors (Lipinski definition) is 0. The molecule has 1 atom stereocenters. The fraction of sp³-hybridized carbons (Fsp3) is 0.385. The Morgan fingerprint density at radius 2 is 2.25 bits per heavy atom. The molecule has 0 aliphatic carbocycles. The van der Waals surface area contributed by atoms with Gasteiger partial charge in [-0.25, -0.2) is 8.42 Å². The second-order valence-corrected chi connectivity index (χ2v) is 10.3. The van der Waals surface area contributed by atoms with Gasteiger partial charge in [0.2, 0.25) is 0 Å². The first kappa shape index (κ1) is 14.7. The molecule has 0 amide bonds. The highest BCUT2D eigenvalue weighted by Gasteiger charge is 2.37. The largest absolute Gasteiger partial charge is 0.253 e. The maximum absolute atomic E-state index is 12.8. The van der Waals surface area contributed by atoms with Crippen LogP contribution >= 0.6 is 38.6 Å². The molecular weight excluding hydrogens is 378 g/mol. The molecule has 0 N–H and O–H groups in total. The summed E-state index contributed by atoms with van der Waals surface area (Å²) < 4.78 is 28.6. The first-order valence-electron chi connectivity index (χ1n) is 6.31. The van der Waals surface area contributed by atoms with Crippen molar-refractivity contribution >= 4 is 48.6 Å². The molecule has 20 heavy (non-hydrogen) atoms. The average Bonchev–Trinajstić information content (AvgIpc) is 3.10. The van der Waals surface area contributed by atoms with E-state index in [0.29, 0.717) is 10.8 Å². The van der Waals surface area contributed by atoms with Crippen LogP contribution in [0.15, 0.2) is 31.6 Å². The van der Waals surface area contributed by atoms with Crippen molar-refractivity contribution < 1.29 is 8.42 Å². The molecule has 0 spiro atoms. The summed E-state index contributed by atoms with van der Waals surface area (Å²) in [5.74, 6) is 0. The molecule has 3 rings (SSSR count). The van der Waals surface area contributed by atoms with E-state index in [-0.39, 0.29) is 6.04 Å². The Hall–Kier alpha value is -0.210. The van der Waals surface area contributed by atoms with Gasteiger partial charge in [0.1, 0.15) is 4.21 Å². The van der Waals surface area contributed by atoms with Crippen LogP contribution in [0.5, 0.6) is 0 Å². The summed E-state index contributed by atoms with van der Waals surface area (Å²) in [5.41, 5.74) is 0.973. The Morgan fingerprint density at radius 3 is 2.85 bits per heavy atom. The molecule has 1 aliphatic heterocycles. The predicted octanol–water partition coefficient (Wildman–Crippen LogP) is 4.41. The van der Waals surface area contributed by atoms with Crippen LogP contribution < -0.4 is 0 Å². The smallest absolute Gasteiger partial charge is 0.206 e. The lowest BCUT2D eigenvalue weighted by Crippen LogP contribution is -2.29. The summed E-state index contributed by atoms with van der Waals surface area (Å²) in [6, 6.07) is 5.77. The molecule has 2 aromatic heterocycles. The minimum atomic E-state index is -3.39. The third-order valence-electron chi connectivity index (χ3n) is 3.47. The van der Waals surface area contributed by atoms with Crippen LogP contribution in [0, 0.1) is 6.92 Å². The zero-order valence-electron chi connectivity index (χ0n) is 10.9. The van der Waals surface area contributed by atoms with E-state index in [9.17, 15) is 8.42 Å². The van der Waals surface area contributed by atoms with E-state index in [2.05, 4.69) is 15.9 Å². The maximum atomic E-state index is 12.8. The van der Waals surface area contributed by atoms with E-state index in [1.165, 1.54) is 11.3 Å². The van der Waals surface area contributed by atoms with Crippen LogP contribution in [-0.2, 0) is 10.0 Å². The zero-order chi connectivity index (χ0) is 14.3. The molecule has 0 radical (unpaired) electrons. The Morgan fingerprint density at radius 1 is 1.45 bits per heavy atom.